The third-order valence-corrected chi connectivity index (χ3v) is 4.42. The second-order valence-electron chi connectivity index (χ2n) is 5.22. The lowest BCUT2D eigenvalue weighted by atomic mass is 9.84. The Labute approximate surface area is 136 Å². The van der Waals surface area contributed by atoms with Crippen LogP contribution in [0.1, 0.15) is 28.4 Å². The first-order valence-corrected chi connectivity index (χ1v) is 7.87. The van der Waals surface area contributed by atoms with Crippen molar-refractivity contribution in [1.29, 1.82) is 0 Å². The standard InChI is InChI=1S/C17H14BrFN2O/c18-14-10-12(6-7-15(14)19)17(22)13-8-9-20-21-16(13)11-4-2-1-3-5-11/h1-7,10,13,16H,8-9H2. The normalized spacial score (nSPS) is 20.8. The van der Waals surface area contributed by atoms with Gasteiger partial charge in [-0.3, -0.25) is 4.79 Å². The van der Waals surface area contributed by atoms with E-state index in [2.05, 4.69) is 26.2 Å². The van der Waals surface area contributed by atoms with Crippen LogP contribution in [0.25, 0.3) is 0 Å². The minimum absolute atomic E-state index is 0.0202. The molecule has 3 nitrogen and oxygen atoms in total. The molecule has 0 spiro atoms. The molecule has 0 aliphatic carbocycles. The predicted molar refractivity (Wildman–Crippen MR) is 85.4 cm³/mol. The number of carbonyl (C=O) groups is 1. The van der Waals surface area contributed by atoms with E-state index in [1.54, 1.807) is 0 Å². The highest BCUT2D eigenvalue weighted by Crippen LogP contribution is 2.35. The molecule has 0 fully saturated rings. The van der Waals surface area contributed by atoms with Crippen LogP contribution in [-0.4, -0.2) is 12.3 Å². The maximum Gasteiger partial charge on any atom is 0.168 e. The van der Waals surface area contributed by atoms with E-state index in [4.69, 9.17) is 0 Å². The van der Waals surface area contributed by atoms with Crippen LogP contribution in [-0.2, 0) is 0 Å². The lowest BCUT2D eigenvalue weighted by Gasteiger charge is -2.25. The molecule has 0 aromatic heterocycles. The van der Waals surface area contributed by atoms with Gasteiger partial charge in [-0.1, -0.05) is 30.3 Å². The summed E-state index contributed by atoms with van der Waals surface area (Å²) < 4.78 is 13.7. The summed E-state index contributed by atoms with van der Waals surface area (Å²) in [5, 5.41) is 8.38. The quantitative estimate of drug-likeness (QED) is 0.711. The Morgan fingerprint density at radius 2 is 1.95 bits per heavy atom. The second kappa shape index (κ2) is 6.48. The summed E-state index contributed by atoms with van der Waals surface area (Å²) in [6.45, 7) is 0.544. The van der Waals surface area contributed by atoms with Gasteiger partial charge in [0.05, 0.1) is 16.9 Å². The number of azo groups is 1. The monoisotopic (exact) mass is 360 g/mol. The number of hydrogen-bond acceptors (Lipinski definition) is 3. The van der Waals surface area contributed by atoms with Gasteiger partial charge in [-0.15, -0.1) is 0 Å². The van der Waals surface area contributed by atoms with Crippen molar-refractivity contribution >= 4 is 21.7 Å². The maximum atomic E-state index is 13.4. The second-order valence-corrected chi connectivity index (χ2v) is 6.08. The van der Waals surface area contributed by atoms with E-state index < -0.39 is 0 Å². The van der Waals surface area contributed by atoms with Crippen LogP contribution in [0.4, 0.5) is 4.39 Å². The molecule has 0 bridgehead atoms. The van der Waals surface area contributed by atoms with Crippen molar-refractivity contribution in [1.82, 2.24) is 0 Å². The highest BCUT2D eigenvalue weighted by molar-refractivity contribution is 9.10. The minimum Gasteiger partial charge on any atom is -0.294 e. The van der Waals surface area contributed by atoms with Crippen molar-refractivity contribution in [3.63, 3.8) is 0 Å². The highest BCUT2D eigenvalue weighted by atomic mass is 79.9. The Balaban J connectivity index is 1.92. The van der Waals surface area contributed by atoms with Gasteiger partial charge in [0.25, 0.3) is 0 Å². The van der Waals surface area contributed by atoms with Gasteiger partial charge in [0.2, 0.25) is 0 Å². The first-order chi connectivity index (χ1) is 10.7. The molecule has 2 aromatic carbocycles. The lowest BCUT2D eigenvalue weighted by molar-refractivity contribution is 0.0884. The number of ketones is 1. The largest absolute Gasteiger partial charge is 0.294 e. The van der Waals surface area contributed by atoms with Crippen LogP contribution in [0.3, 0.4) is 0 Å². The van der Waals surface area contributed by atoms with Crippen molar-refractivity contribution in [2.45, 2.75) is 12.5 Å². The van der Waals surface area contributed by atoms with Crippen molar-refractivity contribution in [3.8, 4) is 0 Å². The van der Waals surface area contributed by atoms with Gasteiger partial charge in [0.15, 0.2) is 5.78 Å². The molecule has 0 saturated heterocycles. The van der Waals surface area contributed by atoms with Crippen LogP contribution < -0.4 is 0 Å². The van der Waals surface area contributed by atoms with E-state index >= 15 is 0 Å². The van der Waals surface area contributed by atoms with E-state index in [1.807, 2.05) is 30.3 Å². The van der Waals surface area contributed by atoms with Gasteiger partial charge in [-0.2, -0.15) is 10.2 Å². The number of rotatable bonds is 3. The van der Waals surface area contributed by atoms with E-state index in [0.29, 0.717) is 23.0 Å². The Morgan fingerprint density at radius 3 is 2.68 bits per heavy atom. The highest BCUT2D eigenvalue weighted by Gasteiger charge is 2.32. The van der Waals surface area contributed by atoms with Crippen LogP contribution in [0.15, 0.2) is 63.2 Å². The maximum absolute atomic E-state index is 13.4. The van der Waals surface area contributed by atoms with Crippen LogP contribution in [0, 0.1) is 11.7 Å². The Hall–Kier alpha value is -1.88. The molecule has 3 rings (SSSR count). The van der Waals surface area contributed by atoms with E-state index in [9.17, 15) is 9.18 Å². The summed E-state index contributed by atoms with van der Waals surface area (Å²) in [6.07, 6.45) is 0.650. The zero-order valence-electron chi connectivity index (χ0n) is 11.7. The molecule has 0 amide bonds. The van der Waals surface area contributed by atoms with Crippen molar-refractivity contribution in [2.24, 2.45) is 16.1 Å². The molecule has 2 aromatic rings. The lowest BCUT2D eigenvalue weighted by Crippen LogP contribution is -2.25. The zero-order chi connectivity index (χ0) is 15.5. The summed E-state index contributed by atoms with van der Waals surface area (Å²) in [5.41, 5.74) is 1.47. The number of carbonyl (C=O) groups excluding carboxylic acids is 1. The van der Waals surface area contributed by atoms with Gasteiger partial charge >= 0.3 is 0 Å². The molecule has 22 heavy (non-hydrogen) atoms. The van der Waals surface area contributed by atoms with Crippen molar-refractivity contribution < 1.29 is 9.18 Å². The van der Waals surface area contributed by atoms with E-state index in [0.717, 1.165) is 5.56 Å². The van der Waals surface area contributed by atoms with Crippen LogP contribution >= 0.6 is 15.9 Å². The van der Waals surface area contributed by atoms with E-state index in [1.165, 1.54) is 18.2 Å². The average molecular weight is 361 g/mol. The fourth-order valence-corrected chi connectivity index (χ4v) is 3.05. The average Bonchev–Trinajstić information content (AvgIpc) is 2.57. The van der Waals surface area contributed by atoms with Gasteiger partial charge in [0, 0.05) is 5.56 Å². The molecule has 2 atom stereocenters. The summed E-state index contributed by atoms with van der Waals surface area (Å²) >= 11 is 3.13. The number of halogens is 2. The van der Waals surface area contributed by atoms with Crippen LogP contribution in [0.5, 0.6) is 0 Å². The SMILES string of the molecule is O=C(c1ccc(F)c(Br)c1)C1CCN=NC1c1ccccc1. The number of hydrogen-bond donors (Lipinski definition) is 0. The molecular weight excluding hydrogens is 347 g/mol. The molecular formula is C17H14BrFN2O. The summed E-state index contributed by atoms with van der Waals surface area (Å²) in [6, 6.07) is 13.8. The topological polar surface area (TPSA) is 41.8 Å². The van der Waals surface area contributed by atoms with Gasteiger partial charge in [-0.25, -0.2) is 4.39 Å². The Bertz CT molecular complexity index is 718. The number of nitrogens with zero attached hydrogens (tertiary/aromatic N) is 2. The molecule has 112 valence electrons. The molecule has 2 unspecified atom stereocenters. The molecule has 1 heterocycles. The fraction of sp³-hybridized carbons (Fsp3) is 0.235. The molecule has 0 saturated carbocycles. The molecule has 0 radical (unpaired) electrons. The summed E-state index contributed by atoms with van der Waals surface area (Å²) in [5.74, 6) is -0.662. The van der Waals surface area contributed by atoms with Crippen LogP contribution in [0.2, 0.25) is 0 Å². The first-order valence-electron chi connectivity index (χ1n) is 7.07. The third kappa shape index (κ3) is 2.99. The molecule has 0 N–H and O–H groups in total. The third-order valence-electron chi connectivity index (χ3n) is 3.81. The minimum atomic E-state index is -0.375. The Morgan fingerprint density at radius 1 is 1.18 bits per heavy atom. The molecule has 1 aliphatic rings. The molecule has 1 aliphatic heterocycles. The van der Waals surface area contributed by atoms with Gasteiger partial charge in [-0.05, 0) is 46.1 Å². The molecule has 5 heteroatoms. The number of benzene rings is 2. The Kier molecular flexibility index (Phi) is 4.43. The fourth-order valence-electron chi connectivity index (χ4n) is 2.67. The van der Waals surface area contributed by atoms with Gasteiger partial charge in [0.1, 0.15) is 11.9 Å². The summed E-state index contributed by atoms with van der Waals surface area (Å²) in [4.78, 5) is 12.8. The van der Waals surface area contributed by atoms with Crippen molar-refractivity contribution in [2.75, 3.05) is 6.54 Å². The van der Waals surface area contributed by atoms with Crippen molar-refractivity contribution in [3.05, 3.63) is 69.9 Å². The zero-order valence-corrected chi connectivity index (χ0v) is 13.3. The predicted octanol–water partition coefficient (Wildman–Crippen LogP) is 4.98. The summed E-state index contributed by atoms with van der Waals surface area (Å²) in [7, 11) is 0. The first kappa shape index (κ1) is 15.0. The van der Waals surface area contributed by atoms with E-state index in [-0.39, 0.29) is 23.6 Å². The number of Topliss-reactive ketones (excluding diaryl/α,β-unsaturated/α-hetero) is 1. The smallest absolute Gasteiger partial charge is 0.168 e. The van der Waals surface area contributed by atoms with Gasteiger partial charge < -0.3 is 0 Å².